The van der Waals surface area contributed by atoms with Gasteiger partial charge in [0.05, 0.1) is 6.07 Å². The molecule has 0 unspecified atom stereocenters. The highest BCUT2D eigenvalue weighted by molar-refractivity contribution is 5.55. The average Bonchev–Trinajstić information content (AvgIpc) is 2.76. The molecule has 7 heteroatoms. The molecule has 0 saturated heterocycles. The van der Waals surface area contributed by atoms with Crippen molar-refractivity contribution in [3.63, 3.8) is 0 Å². The Morgan fingerprint density at radius 2 is 1.61 bits per heavy atom. The van der Waals surface area contributed by atoms with E-state index in [0.717, 1.165) is 17.9 Å². The number of benzene rings is 1. The van der Waals surface area contributed by atoms with Crippen molar-refractivity contribution >= 4 is 0 Å². The molecule has 98 valence electrons. The maximum Gasteiger partial charge on any atom is 0.220 e. The normalized spacial score (nSPS) is 10.7. The smallest absolute Gasteiger partial charge is 0.220 e. The standard InChI is InChI=1S/C11H12NO.ClHO4/c1-2-12-9-8-11(13-12)10-6-4-3-5-7-10;2-1(3,4)5/h3-9H,2H2,1H3;(H,2,3,4,5)/q+1;/p-1. The van der Waals surface area contributed by atoms with Gasteiger partial charge >= 0.3 is 0 Å². The predicted molar refractivity (Wildman–Crippen MR) is 50.0 cm³/mol. The molecule has 2 aromatic rings. The van der Waals surface area contributed by atoms with Gasteiger partial charge in [-0.1, -0.05) is 30.3 Å². The molecule has 0 radical (unpaired) electrons. The van der Waals surface area contributed by atoms with Crippen molar-refractivity contribution in [1.29, 1.82) is 0 Å². The third kappa shape index (κ3) is 5.76. The molecule has 0 spiro atoms. The van der Waals surface area contributed by atoms with Crippen molar-refractivity contribution in [3.05, 3.63) is 42.6 Å². The van der Waals surface area contributed by atoms with Crippen LogP contribution in [0.15, 0.2) is 47.1 Å². The van der Waals surface area contributed by atoms with Crippen LogP contribution in [0.4, 0.5) is 0 Å². The van der Waals surface area contributed by atoms with Gasteiger partial charge in [-0.2, -0.15) is 0 Å². The van der Waals surface area contributed by atoms with Gasteiger partial charge in [0.15, 0.2) is 6.54 Å². The van der Waals surface area contributed by atoms with Crippen LogP contribution in [0, 0.1) is 10.2 Å². The van der Waals surface area contributed by atoms with Crippen molar-refractivity contribution in [1.82, 2.24) is 0 Å². The Morgan fingerprint density at radius 3 is 2.06 bits per heavy atom. The molecule has 1 heterocycles. The molecule has 0 aliphatic carbocycles. The lowest BCUT2D eigenvalue weighted by Gasteiger charge is -2.17. The average molecular weight is 274 g/mol. The van der Waals surface area contributed by atoms with Crippen LogP contribution in [0.1, 0.15) is 6.92 Å². The zero-order valence-electron chi connectivity index (χ0n) is 9.61. The number of nitrogens with zero attached hydrogens (tertiary/aromatic N) is 1. The molecule has 6 nitrogen and oxygen atoms in total. The van der Waals surface area contributed by atoms with Gasteiger partial charge in [0.2, 0.25) is 12.0 Å². The lowest BCUT2D eigenvalue weighted by Crippen LogP contribution is -2.68. The van der Waals surface area contributed by atoms with Gasteiger partial charge in [0.25, 0.3) is 0 Å². The fourth-order valence-corrected chi connectivity index (χ4v) is 1.26. The second-order valence-corrected chi connectivity index (χ2v) is 4.00. The number of rotatable bonds is 2. The van der Waals surface area contributed by atoms with E-state index in [1.807, 2.05) is 47.3 Å². The summed E-state index contributed by atoms with van der Waals surface area (Å²) in [6.45, 7) is 2.92. The van der Waals surface area contributed by atoms with Crippen LogP contribution in [-0.4, -0.2) is 0 Å². The summed E-state index contributed by atoms with van der Waals surface area (Å²) in [6.07, 6.45) is 1.95. The van der Waals surface area contributed by atoms with Gasteiger partial charge in [-0.15, -0.1) is 10.2 Å². The SMILES string of the molecule is CC[n+]1ccc(-c2ccccc2)o1.[O-][Cl+3]([O-])([O-])[O-]. The van der Waals surface area contributed by atoms with Gasteiger partial charge in [-0.3, -0.25) is 0 Å². The first kappa shape index (κ1) is 14.6. The first-order valence-corrected chi connectivity index (χ1v) is 6.30. The minimum atomic E-state index is -4.94. The Balaban J connectivity index is 0.000000280. The zero-order valence-corrected chi connectivity index (χ0v) is 10.4. The van der Waals surface area contributed by atoms with E-state index in [2.05, 4.69) is 6.92 Å². The van der Waals surface area contributed by atoms with Crippen LogP contribution >= 0.6 is 0 Å². The van der Waals surface area contributed by atoms with Crippen LogP contribution in [0.2, 0.25) is 0 Å². The molecule has 18 heavy (non-hydrogen) atoms. The molecule has 0 saturated carbocycles. The van der Waals surface area contributed by atoms with E-state index in [9.17, 15) is 0 Å². The quantitative estimate of drug-likeness (QED) is 0.562. The van der Waals surface area contributed by atoms with E-state index in [1.54, 1.807) is 0 Å². The minimum Gasteiger partial charge on any atom is -0.236 e. The van der Waals surface area contributed by atoms with Crippen LogP contribution < -0.4 is 23.4 Å². The molecular formula is C11H12ClNO5. The molecule has 0 aliphatic rings. The number of hydrogen-bond donors (Lipinski definition) is 0. The number of aromatic nitrogens is 1. The summed E-state index contributed by atoms with van der Waals surface area (Å²) in [7, 11) is -4.94. The molecule has 0 atom stereocenters. The van der Waals surface area contributed by atoms with Gasteiger partial charge in [-0.25, -0.2) is 23.2 Å². The fourth-order valence-electron chi connectivity index (χ4n) is 1.26. The van der Waals surface area contributed by atoms with Gasteiger partial charge in [0.1, 0.15) is 0 Å². The summed E-state index contributed by atoms with van der Waals surface area (Å²) in [5.41, 5.74) is 1.12. The van der Waals surface area contributed by atoms with Gasteiger partial charge < -0.3 is 0 Å². The molecule has 1 aromatic heterocycles. The van der Waals surface area contributed by atoms with E-state index < -0.39 is 10.2 Å². The van der Waals surface area contributed by atoms with Crippen LogP contribution in [0.5, 0.6) is 0 Å². The molecular weight excluding hydrogens is 262 g/mol. The molecule has 0 bridgehead atoms. The van der Waals surface area contributed by atoms with E-state index in [0.29, 0.717) is 0 Å². The molecule has 0 N–H and O–H groups in total. The largest absolute Gasteiger partial charge is 0.236 e. The number of aryl methyl sites for hydroxylation is 1. The highest BCUT2D eigenvalue weighted by Crippen LogP contribution is 2.16. The summed E-state index contributed by atoms with van der Waals surface area (Å²) in [5, 5.41) is 0. The Labute approximate surface area is 106 Å². The molecule has 2 rings (SSSR count). The summed E-state index contributed by atoms with van der Waals surface area (Å²) in [5.74, 6) is 0.919. The second kappa shape index (κ2) is 6.48. The predicted octanol–water partition coefficient (Wildman–Crippen LogP) is -2.50. The lowest BCUT2D eigenvalue weighted by molar-refractivity contribution is -2.00. The fraction of sp³-hybridized carbons (Fsp3) is 0.182. The second-order valence-electron chi connectivity index (χ2n) is 3.25. The molecule has 0 fully saturated rings. The summed E-state index contributed by atoms with van der Waals surface area (Å²) >= 11 is 0. The highest BCUT2D eigenvalue weighted by atomic mass is 35.7. The third-order valence-corrected chi connectivity index (χ3v) is 1.98. The minimum absolute atomic E-state index is 0.868. The van der Waals surface area contributed by atoms with Crippen molar-refractivity contribution < 1.29 is 38.1 Å². The van der Waals surface area contributed by atoms with E-state index in [1.165, 1.54) is 0 Å². The topological polar surface area (TPSA) is 109 Å². The maximum absolute atomic E-state index is 8.49. The van der Waals surface area contributed by atoms with Gasteiger partial charge in [0, 0.05) is 5.56 Å². The van der Waals surface area contributed by atoms with Crippen LogP contribution in [0.3, 0.4) is 0 Å². The molecule has 0 amide bonds. The Bertz CT molecular complexity index is 460. The Hall–Kier alpha value is -1.44. The summed E-state index contributed by atoms with van der Waals surface area (Å²) in [4.78, 5) is 0. The van der Waals surface area contributed by atoms with Crippen LogP contribution in [0.25, 0.3) is 11.3 Å². The lowest BCUT2D eigenvalue weighted by atomic mass is 10.2. The molecule has 0 aliphatic heterocycles. The first-order valence-electron chi connectivity index (χ1n) is 5.07. The summed E-state index contributed by atoms with van der Waals surface area (Å²) in [6, 6.07) is 12.1. The number of hydrogen-bond acceptors (Lipinski definition) is 5. The maximum atomic E-state index is 8.49. The third-order valence-electron chi connectivity index (χ3n) is 1.98. The Kier molecular flexibility index (Phi) is 5.26. The highest BCUT2D eigenvalue weighted by Gasteiger charge is 2.07. The van der Waals surface area contributed by atoms with Crippen molar-refractivity contribution in [2.24, 2.45) is 0 Å². The number of halogens is 1. The van der Waals surface area contributed by atoms with E-state index in [-0.39, 0.29) is 0 Å². The van der Waals surface area contributed by atoms with E-state index in [4.69, 9.17) is 23.2 Å². The zero-order chi connectivity index (χ0) is 13.6. The molecule has 1 aromatic carbocycles. The van der Waals surface area contributed by atoms with Crippen molar-refractivity contribution in [2.75, 3.05) is 0 Å². The van der Waals surface area contributed by atoms with Crippen molar-refractivity contribution in [3.8, 4) is 11.3 Å². The monoisotopic (exact) mass is 273 g/mol. The van der Waals surface area contributed by atoms with Crippen LogP contribution in [-0.2, 0) is 6.54 Å². The summed E-state index contributed by atoms with van der Waals surface area (Å²) < 4.78 is 41.3. The van der Waals surface area contributed by atoms with E-state index >= 15 is 0 Å². The van der Waals surface area contributed by atoms with Crippen molar-refractivity contribution in [2.45, 2.75) is 13.5 Å². The Morgan fingerprint density at radius 1 is 1.06 bits per heavy atom. The first-order chi connectivity index (χ1) is 8.40. The van der Waals surface area contributed by atoms with Gasteiger partial charge in [-0.05, 0) is 11.7 Å².